The predicted molar refractivity (Wildman–Crippen MR) is 86.0 cm³/mol. The minimum Gasteiger partial charge on any atom is -0.363 e. The summed E-state index contributed by atoms with van der Waals surface area (Å²) < 4.78 is 0. The highest BCUT2D eigenvalue weighted by molar-refractivity contribution is 7.99. The van der Waals surface area contributed by atoms with Crippen molar-refractivity contribution in [3.05, 3.63) is 12.3 Å². The molecule has 2 fully saturated rings. The largest absolute Gasteiger partial charge is 0.363 e. The van der Waals surface area contributed by atoms with Crippen LogP contribution in [0, 0.1) is 5.92 Å². The number of carbonyl (C=O) groups excluding carboxylic acids is 1. The maximum Gasteiger partial charge on any atom is 0.229 e. The van der Waals surface area contributed by atoms with E-state index >= 15 is 0 Å². The molecule has 3 heterocycles. The maximum atomic E-state index is 12.4. The van der Waals surface area contributed by atoms with E-state index in [9.17, 15) is 4.79 Å². The molecule has 21 heavy (non-hydrogen) atoms. The standard InChI is InChI=1S/C14H21N5OS/c1-17(2)12-3-4-15-14(16-12)19-9-11(10-19)13(20)18-5-7-21-8-6-18/h3-4,11H,5-10H2,1-2H3. The van der Waals surface area contributed by atoms with Crippen molar-refractivity contribution in [3.8, 4) is 0 Å². The molecule has 1 aromatic rings. The second-order valence-corrected chi connectivity index (χ2v) is 6.87. The fraction of sp³-hybridized carbons (Fsp3) is 0.643. The third-order valence-corrected chi connectivity index (χ3v) is 4.87. The van der Waals surface area contributed by atoms with Crippen LogP contribution in [0.2, 0.25) is 0 Å². The van der Waals surface area contributed by atoms with Crippen LogP contribution in [0.15, 0.2) is 12.3 Å². The molecule has 0 atom stereocenters. The average Bonchev–Trinajstić information content (AvgIpc) is 2.47. The first-order chi connectivity index (χ1) is 10.1. The van der Waals surface area contributed by atoms with Gasteiger partial charge in [-0.3, -0.25) is 4.79 Å². The maximum absolute atomic E-state index is 12.4. The summed E-state index contributed by atoms with van der Waals surface area (Å²) >= 11 is 1.93. The monoisotopic (exact) mass is 307 g/mol. The van der Waals surface area contributed by atoms with Gasteiger partial charge in [0.2, 0.25) is 11.9 Å². The van der Waals surface area contributed by atoms with Gasteiger partial charge in [0.15, 0.2) is 0 Å². The van der Waals surface area contributed by atoms with Crippen LogP contribution in [0.1, 0.15) is 0 Å². The Kier molecular flexibility index (Phi) is 4.19. The minimum atomic E-state index is 0.111. The number of nitrogens with zero attached hydrogens (tertiary/aromatic N) is 5. The molecule has 0 unspecified atom stereocenters. The van der Waals surface area contributed by atoms with E-state index in [2.05, 4.69) is 14.9 Å². The first-order valence-electron chi connectivity index (χ1n) is 7.27. The molecule has 2 aliphatic heterocycles. The highest BCUT2D eigenvalue weighted by Gasteiger charge is 2.37. The van der Waals surface area contributed by atoms with Crippen molar-refractivity contribution in [1.82, 2.24) is 14.9 Å². The summed E-state index contributed by atoms with van der Waals surface area (Å²) in [6.07, 6.45) is 1.77. The highest BCUT2D eigenvalue weighted by atomic mass is 32.2. The van der Waals surface area contributed by atoms with E-state index in [0.717, 1.165) is 49.5 Å². The van der Waals surface area contributed by atoms with Crippen molar-refractivity contribution < 1.29 is 4.79 Å². The molecule has 3 rings (SSSR count). The van der Waals surface area contributed by atoms with Crippen LogP contribution in [0.4, 0.5) is 11.8 Å². The van der Waals surface area contributed by atoms with E-state index in [0.29, 0.717) is 5.91 Å². The summed E-state index contributed by atoms with van der Waals surface area (Å²) in [6, 6.07) is 1.89. The Morgan fingerprint density at radius 2 is 2.05 bits per heavy atom. The zero-order chi connectivity index (χ0) is 14.8. The second-order valence-electron chi connectivity index (χ2n) is 5.65. The molecule has 114 valence electrons. The second kappa shape index (κ2) is 6.09. The fourth-order valence-electron chi connectivity index (χ4n) is 2.58. The van der Waals surface area contributed by atoms with Gasteiger partial charge in [0, 0.05) is 58.0 Å². The molecule has 0 radical (unpaired) electrons. The Morgan fingerprint density at radius 3 is 2.71 bits per heavy atom. The van der Waals surface area contributed by atoms with E-state index in [-0.39, 0.29) is 5.92 Å². The van der Waals surface area contributed by atoms with E-state index in [1.54, 1.807) is 6.20 Å². The summed E-state index contributed by atoms with van der Waals surface area (Å²) in [7, 11) is 3.92. The van der Waals surface area contributed by atoms with Crippen LogP contribution in [-0.2, 0) is 4.79 Å². The van der Waals surface area contributed by atoms with E-state index in [4.69, 9.17) is 0 Å². The van der Waals surface area contributed by atoms with Gasteiger partial charge in [-0.05, 0) is 6.07 Å². The Balaban J connectivity index is 1.57. The minimum absolute atomic E-state index is 0.111. The zero-order valence-electron chi connectivity index (χ0n) is 12.5. The number of hydrogen-bond donors (Lipinski definition) is 0. The van der Waals surface area contributed by atoms with Crippen molar-refractivity contribution in [3.63, 3.8) is 0 Å². The van der Waals surface area contributed by atoms with Crippen LogP contribution in [0.3, 0.4) is 0 Å². The van der Waals surface area contributed by atoms with Gasteiger partial charge in [0.1, 0.15) is 5.82 Å². The predicted octanol–water partition coefficient (Wildman–Crippen LogP) is 0.554. The molecular weight excluding hydrogens is 286 g/mol. The molecule has 0 saturated carbocycles. The normalized spacial score (nSPS) is 19.3. The lowest BCUT2D eigenvalue weighted by Gasteiger charge is -2.41. The molecule has 7 heteroatoms. The molecule has 0 bridgehead atoms. The number of carbonyl (C=O) groups is 1. The number of rotatable bonds is 3. The van der Waals surface area contributed by atoms with Gasteiger partial charge in [0.05, 0.1) is 5.92 Å². The third kappa shape index (κ3) is 3.07. The fourth-order valence-corrected chi connectivity index (χ4v) is 3.48. The Morgan fingerprint density at radius 1 is 1.33 bits per heavy atom. The van der Waals surface area contributed by atoms with Gasteiger partial charge in [-0.25, -0.2) is 4.98 Å². The molecule has 2 saturated heterocycles. The number of aromatic nitrogens is 2. The molecule has 2 aliphatic rings. The van der Waals surface area contributed by atoms with Gasteiger partial charge in [-0.15, -0.1) is 0 Å². The first-order valence-corrected chi connectivity index (χ1v) is 8.42. The summed E-state index contributed by atoms with van der Waals surface area (Å²) in [5.41, 5.74) is 0. The van der Waals surface area contributed by atoms with Crippen molar-refractivity contribution in [2.24, 2.45) is 5.92 Å². The smallest absolute Gasteiger partial charge is 0.229 e. The third-order valence-electron chi connectivity index (χ3n) is 3.92. The van der Waals surface area contributed by atoms with Gasteiger partial charge >= 0.3 is 0 Å². The molecule has 1 aromatic heterocycles. The first kappa shape index (κ1) is 14.4. The number of thioether (sulfide) groups is 1. The molecule has 0 N–H and O–H groups in total. The lowest BCUT2D eigenvalue weighted by molar-refractivity contribution is -0.135. The van der Waals surface area contributed by atoms with Gasteiger partial charge in [-0.1, -0.05) is 0 Å². The SMILES string of the molecule is CN(C)c1ccnc(N2CC(C(=O)N3CCSCC3)C2)n1. The van der Waals surface area contributed by atoms with Gasteiger partial charge in [0.25, 0.3) is 0 Å². The van der Waals surface area contributed by atoms with Crippen LogP contribution >= 0.6 is 11.8 Å². The molecule has 6 nitrogen and oxygen atoms in total. The van der Waals surface area contributed by atoms with Crippen LogP contribution in [0.5, 0.6) is 0 Å². The summed E-state index contributed by atoms with van der Waals surface area (Å²) in [5.74, 6) is 4.16. The zero-order valence-corrected chi connectivity index (χ0v) is 13.3. The summed E-state index contributed by atoms with van der Waals surface area (Å²) in [6.45, 7) is 3.26. The lowest BCUT2D eigenvalue weighted by atomic mass is 9.99. The Bertz CT molecular complexity index is 512. The summed E-state index contributed by atoms with van der Waals surface area (Å²) in [5, 5.41) is 0. The van der Waals surface area contributed by atoms with Crippen molar-refractivity contribution >= 4 is 29.4 Å². The molecule has 0 aliphatic carbocycles. The van der Waals surface area contributed by atoms with Crippen molar-refractivity contribution in [2.45, 2.75) is 0 Å². The number of hydrogen-bond acceptors (Lipinski definition) is 6. The number of anilines is 2. The van der Waals surface area contributed by atoms with Crippen LogP contribution in [-0.4, -0.2) is 72.6 Å². The van der Waals surface area contributed by atoms with Gasteiger partial charge < -0.3 is 14.7 Å². The molecule has 0 spiro atoms. The molecule has 0 aromatic carbocycles. The van der Waals surface area contributed by atoms with E-state index < -0.39 is 0 Å². The molecular formula is C14H21N5OS. The van der Waals surface area contributed by atoms with Gasteiger partial charge in [-0.2, -0.15) is 16.7 Å². The van der Waals surface area contributed by atoms with Crippen LogP contribution < -0.4 is 9.80 Å². The highest BCUT2D eigenvalue weighted by Crippen LogP contribution is 2.25. The Hall–Kier alpha value is -1.50. The van der Waals surface area contributed by atoms with E-state index in [1.165, 1.54) is 0 Å². The lowest BCUT2D eigenvalue weighted by Crippen LogP contribution is -2.56. The van der Waals surface area contributed by atoms with Crippen molar-refractivity contribution in [1.29, 1.82) is 0 Å². The topological polar surface area (TPSA) is 52.6 Å². The average molecular weight is 307 g/mol. The Labute approximate surface area is 129 Å². The van der Waals surface area contributed by atoms with E-state index in [1.807, 2.05) is 41.7 Å². The molecule has 1 amide bonds. The van der Waals surface area contributed by atoms with Crippen molar-refractivity contribution in [2.75, 3.05) is 61.6 Å². The number of amides is 1. The van der Waals surface area contributed by atoms with Crippen LogP contribution in [0.25, 0.3) is 0 Å². The summed E-state index contributed by atoms with van der Waals surface area (Å²) in [4.78, 5) is 27.2. The quantitative estimate of drug-likeness (QED) is 0.813.